The van der Waals surface area contributed by atoms with Crippen LogP contribution in [0.25, 0.3) is 0 Å². The summed E-state index contributed by atoms with van der Waals surface area (Å²) in [5.74, 6) is 2.81. The Bertz CT molecular complexity index is 968. The first-order valence-corrected chi connectivity index (χ1v) is 9.03. The van der Waals surface area contributed by atoms with Gasteiger partial charge in [0, 0.05) is 24.6 Å². The lowest BCUT2D eigenvalue weighted by atomic mass is 10.1. The molecule has 0 bridgehead atoms. The van der Waals surface area contributed by atoms with Crippen LogP contribution >= 0.6 is 0 Å². The zero-order valence-corrected chi connectivity index (χ0v) is 15.6. The van der Waals surface area contributed by atoms with Gasteiger partial charge in [0.2, 0.25) is 5.95 Å². The van der Waals surface area contributed by atoms with Crippen molar-refractivity contribution >= 4 is 11.8 Å². The fourth-order valence-corrected chi connectivity index (χ4v) is 3.26. The van der Waals surface area contributed by atoms with E-state index in [4.69, 9.17) is 25.7 Å². The van der Waals surface area contributed by atoms with Crippen LogP contribution in [0.1, 0.15) is 16.7 Å². The number of anilines is 2. The molecule has 7 heteroatoms. The van der Waals surface area contributed by atoms with E-state index < -0.39 is 0 Å². The molecule has 28 heavy (non-hydrogen) atoms. The summed E-state index contributed by atoms with van der Waals surface area (Å²) in [6.07, 6.45) is 3.05. The maximum absolute atomic E-state index is 5.97. The first kappa shape index (κ1) is 17.9. The van der Waals surface area contributed by atoms with E-state index in [9.17, 15) is 0 Å². The van der Waals surface area contributed by atoms with E-state index in [2.05, 4.69) is 16.0 Å². The minimum absolute atomic E-state index is 0.00601. The van der Waals surface area contributed by atoms with Crippen LogP contribution in [-0.4, -0.2) is 29.8 Å². The first-order chi connectivity index (χ1) is 13.6. The fraction of sp³-hybridized carbons (Fsp3) is 0.238. The number of rotatable bonds is 6. The highest BCUT2D eigenvalue weighted by Crippen LogP contribution is 2.32. The van der Waals surface area contributed by atoms with Gasteiger partial charge in [0.1, 0.15) is 24.3 Å². The van der Waals surface area contributed by atoms with Gasteiger partial charge in [-0.2, -0.15) is 4.98 Å². The summed E-state index contributed by atoms with van der Waals surface area (Å²) in [7, 11) is 1.62. The second kappa shape index (κ2) is 7.64. The highest BCUT2D eigenvalue weighted by Gasteiger charge is 2.23. The molecular weight excluding hydrogens is 356 g/mol. The van der Waals surface area contributed by atoms with Gasteiger partial charge in [0.15, 0.2) is 11.5 Å². The third-order valence-corrected chi connectivity index (χ3v) is 4.68. The molecule has 7 nitrogen and oxygen atoms in total. The van der Waals surface area contributed by atoms with E-state index in [1.807, 2.05) is 36.4 Å². The molecule has 144 valence electrons. The van der Waals surface area contributed by atoms with Crippen molar-refractivity contribution in [2.24, 2.45) is 0 Å². The molecule has 0 saturated heterocycles. The van der Waals surface area contributed by atoms with Crippen molar-refractivity contribution in [3.05, 3.63) is 65.4 Å². The molecule has 0 radical (unpaired) electrons. The third kappa shape index (κ3) is 3.78. The Hall–Kier alpha value is -3.48. The van der Waals surface area contributed by atoms with Gasteiger partial charge in [-0.25, -0.2) is 4.98 Å². The standard InChI is InChI=1S/C21H22N4O3/c1-26-19-9-13(8-15-11-24-21(23)25-20(15)22)6-7-18(19)27-12-16-10-14-4-2-3-5-17(14)28-16/h2-7,9,11,16H,8,10,12H2,1H3,(H4,22,23,24,25). The number of hydrogen-bond acceptors (Lipinski definition) is 7. The summed E-state index contributed by atoms with van der Waals surface area (Å²) in [6, 6.07) is 13.8. The van der Waals surface area contributed by atoms with E-state index in [0.29, 0.717) is 30.3 Å². The van der Waals surface area contributed by atoms with Crippen molar-refractivity contribution in [2.75, 3.05) is 25.2 Å². The molecule has 1 aliphatic heterocycles. The molecule has 2 aromatic carbocycles. The predicted molar refractivity (Wildman–Crippen MR) is 107 cm³/mol. The number of fused-ring (bicyclic) bond motifs is 1. The Labute approximate surface area is 163 Å². The predicted octanol–water partition coefficient (Wildman–Crippen LogP) is 2.62. The van der Waals surface area contributed by atoms with Crippen molar-refractivity contribution in [3.8, 4) is 17.2 Å². The van der Waals surface area contributed by atoms with Crippen LogP contribution in [0, 0.1) is 0 Å². The van der Waals surface area contributed by atoms with Gasteiger partial charge in [-0.15, -0.1) is 0 Å². The zero-order valence-electron chi connectivity index (χ0n) is 15.6. The topological polar surface area (TPSA) is 106 Å². The molecule has 0 spiro atoms. The Balaban J connectivity index is 1.42. The highest BCUT2D eigenvalue weighted by atomic mass is 16.5. The number of para-hydroxylation sites is 1. The van der Waals surface area contributed by atoms with Gasteiger partial charge in [-0.3, -0.25) is 0 Å². The van der Waals surface area contributed by atoms with Crippen LogP contribution in [0.15, 0.2) is 48.7 Å². The molecule has 1 unspecified atom stereocenters. The molecular formula is C21H22N4O3. The Morgan fingerprint density at radius 2 is 2.00 bits per heavy atom. The lowest BCUT2D eigenvalue weighted by Crippen LogP contribution is -2.22. The molecule has 1 aliphatic rings. The number of nitrogen functional groups attached to an aromatic ring is 2. The monoisotopic (exact) mass is 378 g/mol. The molecule has 1 atom stereocenters. The Morgan fingerprint density at radius 1 is 1.14 bits per heavy atom. The molecule has 0 aliphatic carbocycles. The molecule has 0 saturated carbocycles. The van der Waals surface area contributed by atoms with Crippen LogP contribution in [0.2, 0.25) is 0 Å². The number of aromatic nitrogens is 2. The summed E-state index contributed by atoms with van der Waals surface area (Å²) < 4.78 is 17.4. The van der Waals surface area contributed by atoms with Crippen LogP contribution in [0.4, 0.5) is 11.8 Å². The van der Waals surface area contributed by atoms with Crippen molar-refractivity contribution in [2.45, 2.75) is 18.9 Å². The molecule has 4 rings (SSSR count). The quantitative estimate of drug-likeness (QED) is 0.679. The van der Waals surface area contributed by atoms with Crippen molar-refractivity contribution in [3.63, 3.8) is 0 Å². The number of nitrogens with zero attached hydrogens (tertiary/aromatic N) is 2. The van der Waals surface area contributed by atoms with E-state index in [-0.39, 0.29) is 12.1 Å². The maximum atomic E-state index is 5.97. The van der Waals surface area contributed by atoms with Gasteiger partial charge in [-0.05, 0) is 29.3 Å². The normalized spacial score (nSPS) is 15.0. The smallest absolute Gasteiger partial charge is 0.221 e. The summed E-state index contributed by atoms with van der Waals surface area (Å²) in [4.78, 5) is 8.00. The second-order valence-electron chi connectivity index (χ2n) is 6.66. The summed E-state index contributed by atoms with van der Waals surface area (Å²) >= 11 is 0. The van der Waals surface area contributed by atoms with Gasteiger partial charge in [-0.1, -0.05) is 24.3 Å². The summed E-state index contributed by atoms with van der Waals surface area (Å²) in [5.41, 5.74) is 14.5. The largest absolute Gasteiger partial charge is 0.493 e. The van der Waals surface area contributed by atoms with Gasteiger partial charge < -0.3 is 25.7 Å². The molecule has 4 N–H and O–H groups in total. The minimum Gasteiger partial charge on any atom is -0.493 e. The molecule has 3 aromatic rings. The van der Waals surface area contributed by atoms with Crippen molar-refractivity contribution in [1.29, 1.82) is 0 Å². The van der Waals surface area contributed by atoms with Crippen LogP contribution in [-0.2, 0) is 12.8 Å². The zero-order chi connectivity index (χ0) is 19.5. The molecule has 0 amide bonds. The van der Waals surface area contributed by atoms with Gasteiger partial charge >= 0.3 is 0 Å². The lowest BCUT2D eigenvalue weighted by Gasteiger charge is -2.15. The second-order valence-corrected chi connectivity index (χ2v) is 6.66. The average molecular weight is 378 g/mol. The average Bonchev–Trinajstić information content (AvgIpc) is 3.12. The molecule has 1 aromatic heterocycles. The Morgan fingerprint density at radius 3 is 2.79 bits per heavy atom. The number of ether oxygens (including phenoxy) is 3. The number of methoxy groups -OCH3 is 1. The van der Waals surface area contributed by atoms with E-state index >= 15 is 0 Å². The summed E-state index contributed by atoms with van der Waals surface area (Å²) in [5, 5.41) is 0. The van der Waals surface area contributed by atoms with Crippen LogP contribution in [0.5, 0.6) is 17.2 Å². The van der Waals surface area contributed by atoms with E-state index in [1.54, 1.807) is 13.3 Å². The van der Waals surface area contributed by atoms with Gasteiger partial charge in [0.25, 0.3) is 0 Å². The number of benzene rings is 2. The fourth-order valence-electron chi connectivity index (χ4n) is 3.26. The van der Waals surface area contributed by atoms with Crippen LogP contribution < -0.4 is 25.7 Å². The number of nitrogens with two attached hydrogens (primary N) is 2. The third-order valence-electron chi connectivity index (χ3n) is 4.68. The lowest BCUT2D eigenvalue weighted by molar-refractivity contribution is 0.145. The van der Waals surface area contributed by atoms with Crippen molar-refractivity contribution in [1.82, 2.24) is 9.97 Å². The molecule has 0 fully saturated rings. The maximum Gasteiger partial charge on any atom is 0.221 e. The minimum atomic E-state index is -0.00601. The summed E-state index contributed by atoms with van der Waals surface area (Å²) in [6.45, 7) is 0.448. The molecule has 2 heterocycles. The Kier molecular flexibility index (Phi) is 4.89. The van der Waals surface area contributed by atoms with Gasteiger partial charge in [0.05, 0.1) is 7.11 Å². The van der Waals surface area contributed by atoms with Crippen LogP contribution in [0.3, 0.4) is 0 Å². The SMILES string of the molecule is COc1cc(Cc2cnc(N)nc2N)ccc1OCC1Cc2ccccc2O1. The van der Waals surface area contributed by atoms with Crippen molar-refractivity contribution < 1.29 is 14.2 Å². The first-order valence-electron chi connectivity index (χ1n) is 9.03. The van der Waals surface area contributed by atoms with E-state index in [1.165, 1.54) is 5.56 Å². The number of hydrogen-bond donors (Lipinski definition) is 2. The highest BCUT2D eigenvalue weighted by molar-refractivity contribution is 5.48. The van der Waals surface area contributed by atoms with E-state index in [0.717, 1.165) is 23.3 Å².